The molecule has 0 atom stereocenters. The van der Waals surface area contributed by atoms with Crippen molar-refractivity contribution in [3.05, 3.63) is 194 Å². The van der Waals surface area contributed by atoms with E-state index in [0.717, 1.165) is 87.3 Å². The van der Waals surface area contributed by atoms with Crippen LogP contribution >= 0.6 is 11.3 Å². The highest BCUT2D eigenvalue weighted by molar-refractivity contribution is 7.26. The van der Waals surface area contributed by atoms with Gasteiger partial charge in [-0.15, -0.1) is 11.3 Å². The molecule has 9 aromatic carbocycles. The maximum atomic E-state index is 6.35. The Morgan fingerprint density at radius 2 is 0.891 bits per heavy atom. The van der Waals surface area contributed by atoms with Gasteiger partial charge < -0.3 is 13.4 Å². The number of rotatable bonds is 5. The number of benzene rings is 9. The van der Waals surface area contributed by atoms with Crippen molar-refractivity contribution in [3.8, 4) is 51.0 Å². The van der Waals surface area contributed by atoms with Gasteiger partial charge in [-0.25, -0.2) is 15.0 Å². The molecule has 0 amide bonds. The standard InChI is InChI=1S/C57H32N4O2S/c1-2-12-36(13-3-1)61-46-20-7-4-14-38(46)39-27-24-33(30-47(39)61)37-17-10-18-44-53-45(19-11-23-52(53)64-54(37)44)57-59-55(34-25-28-42-40-15-5-8-21-48(40)62-50(42)31-34)58-56(60-57)35-26-29-43-41-16-6-9-22-49(41)63-51(43)32-35/h1-32H. The fourth-order valence-corrected chi connectivity index (χ4v) is 11.0. The predicted octanol–water partition coefficient (Wildman–Crippen LogP) is 15.8. The van der Waals surface area contributed by atoms with Gasteiger partial charge in [0.05, 0.1) is 11.0 Å². The van der Waals surface area contributed by atoms with E-state index in [4.69, 9.17) is 23.8 Å². The minimum atomic E-state index is 0.561. The smallest absolute Gasteiger partial charge is 0.164 e. The molecule has 0 saturated heterocycles. The van der Waals surface area contributed by atoms with Crippen LogP contribution in [-0.2, 0) is 0 Å². The van der Waals surface area contributed by atoms with E-state index in [-0.39, 0.29) is 0 Å². The normalized spacial score (nSPS) is 12.1. The van der Waals surface area contributed by atoms with Crippen LogP contribution in [0.5, 0.6) is 0 Å². The quantitative estimate of drug-likeness (QED) is 0.173. The largest absolute Gasteiger partial charge is 0.456 e. The summed E-state index contributed by atoms with van der Waals surface area (Å²) in [6.07, 6.45) is 0. The van der Waals surface area contributed by atoms with Crippen LogP contribution in [0.4, 0.5) is 0 Å². The number of thiophene rings is 1. The second kappa shape index (κ2) is 13.6. The molecule has 0 N–H and O–H groups in total. The summed E-state index contributed by atoms with van der Waals surface area (Å²) in [6.45, 7) is 0. The van der Waals surface area contributed by atoms with Crippen LogP contribution in [0.15, 0.2) is 203 Å². The molecule has 0 aliphatic carbocycles. The zero-order chi connectivity index (χ0) is 41.9. The summed E-state index contributed by atoms with van der Waals surface area (Å²) < 4.78 is 17.5. The maximum Gasteiger partial charge on any atom is 0.164 e. The van der Waals surface area contributed by atoms with Crippen molar-refractivity contribution < 1.29 is 8.83 Å². The molecule has 0 fully saturated rings. The van der Waals surface area contributed by atoms with Crippen molar-refractivity contribution in [1.29, 1.82) is 0 Å². The van der Waals surface area contributed by atoms with Gasteiger partial charge in [-0.2, -0.15) is 0 Å². The van der Waals surface area contributed by atoms with Gasteiger partial charge in [0, 0.05) is 74.9 Å². The van der Waals surface area contributed by atoms with Crippen LogP contribution in [0.25, 0.3) is 137 Å². The van der Waals surface area contributed by atoms with Crippen LogP contribution in [0.1, 0.15) is 0 Å². The average Bonchev–Trinajstić information content (AvgIpc) is 4.12. The molecule has 6 nitrogen and oxygen atoms in total. The first-order valence-electron chi connectivity index (χ1n) is 21.3. The Bertz CT molecular complexity index is 4080. The van der Waals surface area contributed by atoms with Gasteiger partial charge in [0.15, 0.2) is 17.5 Å². The molecule has 14 rings (SSSR count). The number of aromatic nitrogens is 4. The van der Waals surface area contributed by atoms with E-state index in [1.165, 1.54) is 32.1 Å². The first-order valence-corrected chi connectivity index (χ1v) is 22.1. The summed E-state index contributed by atoms with van der Waals surface area (Å²) in [5.41, 5.74) is 11.7. The van der Waals surface area contributed by atoms with Gasteiger partial charge in [-0.1, -0.05) is 127 Å². The molecule has 7 heteroatoms. The number of furan rings is 2. The number of hydrogen-bond donors (Lipinski definition) is 0. The third-order valence-electron chi connectivity index (χ3n) is 12.7. The summed E-state index contributed by atoms with van der Waals surface area (Å²) in [7, 11) is 0. The van der Waals surface area contributed by atoms with Gasteiger partial charge >= 0.3 is 0 Å². The molecule has 5 heterocycles. The lowest BCUT2D eigenvalue weighted by atomic mass is 9.99. The van der Waals surface area contributed by atoms with E-state index >= 15 is 0 Å². The van der Waals surface area contributed by atoms with E-state index < -0.39 is 0 Å². The monoisotopic (exact) mass is 836 g/mol. The third kappa shape index (κ3) is 5.28. The van der Waals surface area contributed by atoms with E-state index in [1.54, 1.807) is 0 Å². The average molecular weight is 837 g/mol. The number of hydrogen-bond acceptors (Lipinski definition) is 6. The molecular formula is C57H32N4O2S. The van der Waals surface area contributed by atoms with Crippen molar-refractivity contribution in [2.24, 2.45) is 0 Å². The van der Waals surface area contributed by atoms with Crippen molar-refractivity contribution in [3.63, 3.8) is 0 Å². The van der Waals surface area contributed by atoms with Crippen LogP contribution < -0.4 is 0 Å². The zero-order valence-corrected chi connectivity index (χ0v) is 34.8. The Labute approximate surface area is 368 Å². The van der Waals surface area contributed by atoms with Crippen molar-refractivity contribution in [2.75, 3.05) is 0 Å². The molecule has 0 radical (unpaired) electrons. The second-order valence-corrected chi connectivity index (χ2v) is 17.4. The summed E-state index contributed by atoms with van der Waals surface area (Å²) in [4.78, 5) is 15.7. The second-order valence-electron chi connectivity index (χ2n) is 16.3. The van der Waals surface area contributed by atoms with Crippen molar-refractivity contribution in [2.45, 2.75) is 0 Å². The fraction of sp³-hybridized carbons (Fsp3) is 0. The molecule has 0 saturated carbocycles. The van der Waals surface area contributed by atoms with Crippen molar-refractivity contribution in [1.82, 2.24) is 19.5 Å². The first-order chi connectivity index (χ1) is 31.7. The molecular weight excluding hydrogens is 805 g/mol. The predicted molar refractivity (Wildman–Crippen MR) is 263 cm³/mol. The summed E-state index contributed by atoms with van der Waals surface area (Å²) in [5.74, 6) is 1.72. The Balaban J connectivity index is 0.969. The Hall–Kier alpha value is -8.39. The van der Waals surface area contributed by atoms with Gasteiger partial charge in [0.1, 0.15) is 22.3 Å². The molecule has 64 heavy (non-hydrogen) atoms. The summed E-state index contributed by atoms with van der Waals surface area (Å²) >= 11 is 1.81. The molecule has 5 aromatic heterocycles. The fourth-order valence-electron chi connectivity index (χ4n) is 9.74. The molecule has 14 aromatic rings. The molecule has 0 aliphatic heterocycles. The van der Waals surface area contributed by atoms with Gasteiger partial charge in [0.25, 0.3) is 0 Å². The number of fused-ring (bicyclic) bond motifs is 12. The number of para-hydroxylation sites is 4. The van der Waals surface area contributed by atoms with Gasteiger partial charge in [-0.05, 0) is 77.9 Å². The minimum Gasteiger partial charge on any atom is -0.456 e. The minimum absolute atomic E-state index is 0.561. The first kappa shape index (κ1) is 35.2. The molecule has 0 spiro atoms. The van der Waals surface area contributed by atoms with Gasteiger partial charge in [0.2, 0.25) is 0 Å². The van der Waals surface area contributed by atoms with E-state index in [2.05, 4.69) is 150 Å². The Morgan fingerprint density at radius 3 is 1.61 bits per heavy atom. The lowest BCUT2D eigenvalue weighted by Gasteiger charge is -2.10. The highest BCUT2D eigenvalue weighted by Gasteiger charge is 2.21. The molecule has 0 aliphatic rings. The topological polar surface area (TPSA) is 69.9 Å². The van der Waals surface area contributed by atoms with E-state index in [0.29, 0.717) is 17.5 Å². The van der Waals surface area contributed by atoms with Crippen LogP contribution in [0, 0.1) is 0 Å². The SMILES string of the molecule is c1ccc(-n2c3ccccc3c3ccc(-c4cccc5c4sc4cccc(-c6nc(-c7ccc8c(c7)oc7ccccc78)nc(-c7ccc8c(c7)oc7ccccc78)n6)c45)cc32)cc1. The molecule has 0 unspecified atom stereocenters. The zero-order valence-electron chi connectivity index (χ0n) is 34.0. The lowest BCUT2D eigenvalue weighted by Crippen LogP contribution is -2.00. The Kier molecular flexibility index (Phi) is 7.46. The lowest BCUT2D eigenvalue weighted by molar-refractivity contribution is 0.668. The van der Waals surface area contributed by atoms with E-state index in [9.17, 15) is 0 Å². The van der Waals surface area contributed by atoms with Gasteiger partial charge in [-0.3, -0.25) is 0 Å². The van der Waals surface area contributed by atoms with Crippen LogP contribution in [0.2, 0.25) is 0 Å². The highest BCUT2D eigenvalue weighted by atomic mass is 32.1. The maximum absolute atomic E-state index is 6.35. The third-order valence-corrected chi connectivity index (χ3v) is 13.9. The number of nitrogens with zero attached hydrogens (tertiary/aromatic N) is 4. The molecule has 0 bridgehead atoms. The van der Waals surface area contributed by atoms with Crippen LogP contribution in [-0.4, -0.2) is 19.5 Å². The van der Waals surface area contributed by atoms with E-state index in [1.807, 2.05) is 59.9 Å². The van der Waals surface area contributed by atoms with Crippen LogP contribution in [0.3, 0.4) is 0 Å². The van der Waals surface area contributed by atoms with Crippen molar-refractivity contribution >= 4 is 97.2 Å². The highest BCUT2D eigenvalue weighted by Crippen LogP contribution is 2.45. The molecule has 298 valence electrons. The Morgan fingerprint density at radius 1 is 0.359 bits per heavy atom. The summed E-state index contributed by atoms with van der Waals surface area (Å²) in [5, 5.41) is 9.01. The summed E-state index contributed by atoms with van der Waals surface area (Å²) in [6, 6.07) is 68.0.